The van der Waals surface area contributed by atoms with E-state index < -0.39 is 0 Å². The third-order valence-electron chi connectivity index (χ3n) is 2.66. The summed E-state index contributed by atoms with van der Waals surface area (Å²) < 4.78 is 4.62. The number of benzene rings is 1. The van der Waals surface area contributed by atoms with E-state index in [4.69, 9.17) is 5.73 Å². The molecule has 0 aromatic heterocycles. The maximum atomic E-state index is 12.0. The molecule has 0 heterocycles. The van der Waals surface area contributed by atoms with Crippen molar-refractivity contribution in [3.05, 3.63) is 29.8 Å². The van der Waals surface area contributed by atoms with Gasteiger partial charge in [0.1, 0.15) is 0 Å². The van der Waals surface area contributed by atoms with Crippen molar-refractivity contribution in [1.82, 2.24) is 4.90 Å². The Balaban J connectivity index is 0.00000324. The smallest absolute Gasteiger partial charge is 0.310 e. The highest BCUT2D eigenvalue weighted by atomic mass is 35.5. The number of nitrogen functional groups attached to an aromatic ring is 1. The first kappa shape index (κ1) is 17.2. The van der Waals surface area contributed by atoms with Gasteiger partial charge in [-0.1, -0.05) is 6.92 Å². The summed E-state index contributed by atoms with van der Waals surface area (Å²) in [6.07, 6.45) is 0. The Morgan fingerprint density at radius 2 is 1.84 bits per heavy atom. The minimum Gasteiger partial charge on any atom is -0.469 e. The van der Waals surface area contributed by atoms with Crippen LogP contribution in [0.2, 0.25) is 0 Å². The highest BCUT2D eigenvalue weighted by molar-refractivity contribution is 5.94. The normalized spacial score (nSPS) is 11.1. The monoisotopic (exact) mass is 286 g/mol. The lowest BCUT2D eigenvalue weighted by Gasteiger charge is -2.20. The van der Waals surface area contributed by atoms with Crippen LogP contribution in [0.5, 0.6) is 0 Å². The zero-order valence-electron chi connectivity index (χ0n) is 11.3. The van der Waals surface area contributed by atoms with Crippen LogP contribution in [0.1, 0.15) is 17.3 Å². The van der Waals surface area contributed by atoms with Crippen molar-refractivity contribution < 1.29 is 14.3 Å². The predicted molar refractivity (Wildman–Crippen MR) is 76.2 cm³/mol. The van der Waals surface area contributed by atoms with Crippen LogP contribution < -0.4 is 5.73 Å². The zero-order valence-corrected chi connectivity index (χ0v) is 12.1. The molecule has 0 spiro atoms. The van der Waals surface area contributed by atoms with E-state index in [1.165, 1.54) is 12.0 Å². The first-order valence-electron chi connectivity index (χ1n) is 5.64. The summed E-state index contributed by atoms with van der Waals surface area (Å²) in [6, 6.07) is 6.67. The van der Waals surface area contributed by atoms with E-state index in [1.54, 1.807) is 38.2 Å². The number of amides is 1. The second-order valence-corrected chi connectivity index (χ2v) is 4.23. The largest absolute Gasteiger partial charge is 0.469 e. The lowest BCUT2D eigenvalue weighted by Crippen LogP contribution is -2.34. The summed E-state index contributed by atoms with van der Waals surface area (Å²) in [5.41, 5.74) is 6.71. The van der Waals surface area contributed by atoms with Gasteiger partial charge in [0.05, 0.1) is 13.0 Å². The lowest BCUT2D eigenvalue weighted by atomic mass is 10.1. The topological polar surface area (TPSA) is 72.6 Å². The molecule has 1 aromatic rings. The molecule has 0 bridgehead atoms. The molecule has 1 atom stereocenters. The number of hydrogen-bond acceptors (Lipinski definition) is 4. The molecule has 0 aliphatic carbocycles. The molecule has 6 heteroatoms. The van der Waals surface area contributed by atoms with Crippen LogP contribution in [-0.2, 0) is 9.53 Å². The second kappa shape index (κ2) is 7.63. The van der Waals surface area contributed by atoms with Gasteiger partial charge in [-0.05, 0) is 24.3 Å². The second-order valence-electron chi connectivity index (χ2n) is 4.23. The molecule has 106 valence electrons. The lowest BCUT2D eigenvalue weighted by molar-refractivity contribution is -0.145. The van der Waals surface area contributed by atoms with Crippen molar-refractivity contribution in [1.29, 1.82) is 0 Å². The van der Waals surface area contributed by atoms with E-state index in [0.717, 1.165) is 0 Å². The molecule has 1 unspecified atom stereocenters. The summed E-state index contributed by atoms with van der Waals surface area (Å²) in [5.74, 6) is -0.824. The average molecular weight is 287 g/mol. The highest BCUT2D eigenvalue weighted by Crippen LogP contribution is 2.09. The molecule has 2 N–H and O–H groups in total. The van der Waals surface area contributed by atoms with Gasteiger partial charge in [0.25, 0.3) is 5.91 Å². The number of nitrogens with two attached hydrogens (primary N) is 1. The fourth-order valence-electron chi connectivity index (χ4n) is 1.62. The molecule has 1 amide bonds. The summed E-state index contributed by atoms with van der Waals surface area (Å²) >= 11 is 0. The number of ether oxygens (including phenoxy) is 1. The van der Waals surface area contributed by atoms with E-state index in [9.17, 15) is 9.59 Å². The minimum atomic E-state index is -0.349. The first-order valence-corrected chi connectivity index (χ1v) is 5.64. The number of nitrogens with zero attached hydrogens (tertiary/aromatic N) is 1. The van der Waals surface area contributed by atoms with Crippen LogP contribution in [0.4, 0.5) is 5.69 Å². The Hall–Kier alpha value is -1.75. The van der Waals surface area contributed by atoms with Crippen LogP contribution in [0.25, 0.3) is 0 Å². The summed E-state index contributed by atoms with van der Waals surface area (Å²) in [7, 11) is 2.98. The number of esters is 1. The van der Waals surface area contributed by atoms with Crippen LogP contribution in [0.15, 0.2) is 24.3 Å². The molecule has 0 aliphatic rings. The number of anilines is 1. The first-order chi connectivity index (χ1) is 8.45. The van der Waals surface area contributed by atoms with Crippen molar-refractivity contribution in [2.75, 3.05) is 26.4 Å². The standard InChI is InChI=1S/C13H18N2O3.ClH/c1-9(13(17)18-3)8-15(2)12(16)10-4-6-11(14)7-5-10;/h4-7,9H,8,14H2,1-3H3;1H. The molecule has 0 aliphatic heterocycles. The van der Waals surface area contributed by atoms with E-state index in [2.05, 4.69) is 4.74 Å². The molecule has 5 nitrogen and oxygen atoms in total. The number of hydrogen-bond donors (Lipinski definition) is 1. The van der Waals surface area contributed by atoms with Gasteiger partial charge in [0.2, 0.25) is 0 Å². The minimum absolute atomic E-state index is 0. The van der Waals surface area contributed by atoms with E-state index in [0.29, 0.717) is 17.8 Å². The maximum Gasteiger partial charge on any atom is 0.310 e. The van der Waals surface area contributed by atoms with Crippen LogP contribution in [0, 0.1) is 5.92 Å². The fraction of sp³-hybridized carbons (Fsp3) is 0.385. The molecule has 0 saturated carbocycles. The SMILES string of the molecule is COC(=O)C(C)CN(C)C(=O)c1ccc(N)cc1.Cl. The van der Waals surface area contributed by atoms with Gasteiger partial charge in [-0.2, -0.15) is 0 Å². The molecular weight excluding hydrogens is 268 g/mol. The molecule has 0 radical (unpaired) electrons. The van der Waals surface area contributed by atoms with Gasteiger partial charge < -0.3 is 15.4 Å². The Morgan fingerprint density at radius 3 is 2.32 bits per heavy atom. The third-order valence-corrected chi connectivity index (χ3v) is 2.66. The van der Waals surface area contributed by atoms with Gasteiger partial charge >= 0.3 is 5.97 Å². The third kappa shape index (κ3) is 4.79. The van der Waals surface area contributed by atoms with E-state index >= 15 is 0 Å². The summed E-state index contributed by atoms with van der Waals surface area (Å²) in [4.78, 5) is 24.8. The fourth-order valence-corrected chi connectivity index (χ4v) is 1.62. The molecular formula is C13H19ClN2O3. The van der Waals surface area contributed by atoms with Crippen molar-refractivity contribution in [2.45, 2.75) is 6.92 Å². The Morgan fingerprint density at radius 1 is 1.32 bits per heavy atom. The molecule has 19 heavy (non-hydrogen) atoms. The number of rotatable bonds is 4. The quantitative estimate of drug-likeness (QED) is 0.674. The van der Waals surface area contributed by atoms with Gasteiger partial charge in [-0.25, -0.2) is 0 Å². The van der Waals surface area contributed by atoms with Crippen molar-refractivity contribution >= 4 is 30.0 Å². The van der Waals surface area contributed by atoms with Crippen LogP contribution in [-0.4, -0.2) is 37.5 Å². The summed E-state index contributed by atoms with van der Waals surface area (Å²) in [5, 5.41) is 0. The highest BCUT2D eigenvalue weighted by Gasteiger charge is 2.19. The number of carbonyl (C=O) groups is 2. The van der Waals surface area contributed by atoms with Gasteiger partial charge in [0.15, 0.2) is 0 Å². The molecule has 1 aromatic carbocycles. The molecule has 0 fully saturated rings. The van der Waals surface area contributed by atoms with Gasteiger partial charge in [-0.15, -0.1) is 12.4 Å². The van der Waals surface area contributed by atoms with Crippen LogP contribution in [0.3, 0.4) is 0 Å². The van der Waals surface area contributed by atoms with Crippen molar-refractivity contribution in [2.24, 2.45) is 5.92 Å². The predicted octanol–water partition coefficient (Wildman–Crippen LogP) is 1.57. The average Bonchev–Trinajstić information content (AvgIpc) is 2.37. The maximum absolute atomic E-state index is 12.0. The Labute approximate surface area is 119 Å². The van der Waals surface area contributed by atoms with Crippen LogP contribution >= 0.6 is 12.4 Å². The van der Waals surface area contributed by atoms with Crippen molar-refractivity contribution in [3.8, 4) is 0 Å². The number of halogens is 1. The van der Waals surface area contributed by atoms with Gasteiger partial charge in [-0.3, -0.25) is 9.59 Å². The van der Waals surface area contributed by atoms with E-state index in [-0.39, 0.29) is 30.2 Å². The summed E-state index contributed by atoms with van der Waals surface area (Å²) in [6.45, 7) is 2.04. The van der Waals surface area contributed by atoms with E-state index in [1.807, 2.05) is 0 Å². The van der Waals surface area contributed by atoms with Gasteiger partial charge in [0, 0.05) is 24.8 Å². The van der Waals surface area contributed by atoms with Crippen molar-refractivity contribution in [3.63, 3.8) is 0 Å². The number of carbonyl (C=O) groups excluding carboxylic acids is 2. The molecule has 1 rings (SSSR count). The number of methoxy groups -OCH3 is 1. The molecule has 0 saturated heterocycles. The zero-order chi connectivity index (χ0) is 13.7. The Bertz CT molecular complexity index is 434. The Kier molecular flexibility index (Phi) is 6.93.